The number of hydrogen-bond acceptors (Lipinski definition) is 6. The van der Waals surface area contributed by atoms with Crippen molar-refractivity contribution in [2.45, 2.75) is 25.1 Å². The Morgan fingerprint density at radius 1 is 1.06 bits per heavy atom. The highest BCUT2D eigenvalue weighted by Crippen LogP contribution is 2.49. The van der Waals surface area contributed by atoms with E-state index in [1.807, 2.05) is 30.3 Å². The first kappa shape index (κ1) is 21.0. The number of imidazole rings is 1. The van der Waals surface area contributed by atoms with Crippen LogP contribution in [0.4, 0.5) is 10.5 Å². The van der Waals surface area contributed by atoms with Crippen molar-refractivity contribution in [2.75, 3.05) is 6.54 Å². The van der Waals surface area contributed by atoms with Crippen molar-refractivity contribution in [1.82, 2.24) is 14.0 Å². The number of carbonyl (C=O) groups excluding carboxylic acids is 1. The molecule has 1 saturated heterocycles. The zero-order valence-electron chi connectivity index (χ0n) is 18.4. The zero-order valence-corrected chi connectivity index (χ0v) is 18.4. The van der Waals surface area contributed by atoms with Gasteiger partial charge in [0.05, 0.1) is 28.1 Å². The van der Waals surface area contributed by atoms with Crippen molar-refractivity contribution in [3.05, 3.63) is 98.6 Å². The van der Waals surface area contributed by atoms with Gasteiger partial charge in [-0.15, -0.1) is 0 Å². The molecule has 4 aromatic rings. The Kier molecular flexibility index (Phi) is 4.63. The molecule has 6 rings (SSSR count). The Hall–Kier alpha value is -4.60. The van der Waals surface area contributed by atoms with Crippen LogP contribution in [0.3, 0.4) is 0 Å². The molecule has 2 aliphatic rings. The van der Waals surface area contributed by atoms with Gasteiger partial charge >= 0.3 is 11.8 Å². The number of fused-ring (bicyclic) bond motifs is 6. The highest BCUT2D eigenvalue weighted by atomic mass is 16.6. The molecule has 1 N–H and O–H groups in total. The molecule has 0 unspecified atom stereocenters. The third-order valence-corrected chi connectivity index (χ3v) is 6.81. The number of aromatic hydroxyl groups is 1. The number of nitrogens with zero attached hydrogens (tertiary/aromatic N) is 4. The lowest BCUT2D eigenvalue weighted by molar-refractivity contribution is -0.383. The molecule has 2 bridgehead atoms. The SMILES string of the molecule is O=C(OCc1ccccc1)N1C[C@@H]2C[C@H]1c1c(O)n(-c3ccc([N+](=O)[O-])c4ccccc34)c(=O)n12. The van der Waals surface area contributed by atoms with Gasteiger partial charge in [0.2, 0.25) is 5.88 Å². The largest absolute Gasteiger partial charge is 0.493 e. The van der Waals surface area contributed by atoms with Crippen molar-refractivity contribution in [1.29, 1.82) is 0 Å². The standard InChI is InChI=1S/C25H20N4O6/c30-23-22-21-12-16(13-26(21)25(32)35-14-15-6-2-1-3-7-15)27(22)24(31)28(23)19-10-11-20(29(33)34)18-9-5-4-8-17(18)19/h1-11,16,21,30H,12-14H2/t16-,21-/m0/s1. The molecule has 3 aromatic carbocycles. The van der Waals surface area contributed by atoms with Gasteiger partial charge in [-0.2, -0.15) is 0 Å². The van der Waals surface area contributed by atoms with Crippen molar-refractivity contribution in [3.63, 3.8) is 0 Å². The second kappa shape index (κ2) is 7.73. The van der Waals surface area contributed by atoms with Crippen LogP contribution in [0.15, 0.2) is 71.5 Å². The van der Waals surface area contributed by atoms with Gasteiger partial charge in [0.25, 0.3) is 5.69 Å². The number of ether oxygens (including phenoxy) is 1. The molecule has 0 saturated carbocycles. The van der Waals surface area contributed by atoms with Crippen LogP contribution >= 0.6 is 0 Å². The summed E-state index contributed by atoms with van der Waals surface area (Å²) < 4.78 is 8.17. The second-order valence-corrected chi connectivity index (χ2v) is 8.70. The van der Waals surface area contributed by atoms with Crippen LogP contribution in [-0.2, 0) is 11.3 Å². The van der Waals surface area contributed by atoms with Gasteiger partial charge in [0.1, 0.15) is 12.3 Å². The summed E-state index contributed by atoms with van der Waals surface area (Å²) >= 11 is 0. The van der Waals surface area contributed by atoms with Gasteiger partial charge in [-0.25, -0.2) is 14.2 Å². The molecule has 1 fully saturated rings. The van der Waals surface area contributed by atoms with Crippen LogP contribution in [0.1, 0.15) is 29.8 Å². The highest BCUT2D eigenvalue weighted by Gasteiger charge is 2.49. The number of carbonyl (C=O) groups is 1. The molecule has 3 heterocycles. The van der Waals surface area contributed by atoms with E-state index in [0.717, 1.165) is 5.56 Å². The van der Waals surface area contributed by atoms with E-state index in [4.69, 9.17) is 4.74 Å². The molecule has 2 atom stereocenters. The van der Waals surface area contributed by atoms with E-state index < -0.39 is 22.7 Å². The first-order valence-corrected chi connectivity index (χ1v) is 11.2. The Morgan fingerprint density at radius 3 is 2.51 bits per heavy atom. The topological polar surface area (TPSA) is 120 Å². The van der Waals surface area contributed by atoms with Gasteiger partial charge in [-0.3, -0.25) is 19.6 Å². The Bertz CT molecular complexity index is 1560. The van der Waals surface area contributed by atoms with Gasteiger partial charge in [0.15, 0.2) is 0 Å². The molecule has 176 valence electrons. The maximum absolute atomic E-state index is 13.4. The van der Waals surface area contributed by atoms with Crippen molar-refractivity contribution in [3.8, 4) is 11.6 Å². The molecule has 35 heavy (non-hydrogen) atoms. The van der Waals surface area contributed by atoms with Crippen molar-refractivity contribution >= 4 is 22.6 Å². The summed E-state index contributed by atoms with van der Waals surface area (Å²) in [5.41, 5.74) is 1.03. The summed E-state index contributed by atoms with van der Waals surface area (Å²) in [7, 11) is 0. The fourth-order valence-corrected chi connectivity index (χ4v) is 5.29. The van der Waals surface area contributed by atoms with Crippen molar-refractivity contribution < 1.29 is 19.6 Å². The van der Waals surface area contributed by atoms with Crippen LogP contribution in [0.5, 0.6) is 5.88 Å². The van der Waals surface area contributed by atoms with E-state index >= 15 is 0 Å². The molecule has 10 nitrogen and oxygen atoms in total. The second-order valence-electron chi connectivity index (χ2n) is 8.70. The number of nitro groups is 1. The Labute approximate surface area is 198 Å². The number of benzene rings is 3. The normalized spacial score (nSPS) is 18.1. The van der Waals surface area contributed by atoms with Gasteiger partial charge in [-0.05, 0) is 24.1 Å². The number of nitro benzene ring substituents is 1. The van der Waals surface area contributed by atoms with Crippen LogP contribution in [0.25, 0.3) is 16.5 Å². The van der Waals surface area contributed by atoms with Gasteiger partial charge < -0.3 is 9.84 Å². The first-order chi connectivity index (χ1) is 17.0. The molecule has 2 aliphatic heterocycles. The van der Waals surface area contributed by atoms with E-state index in [1.165, 1.54) is 21.3 Å². The molecule has 10 heteroatoms. The molecule has 0 aliphatic carbocycles. The third-order valence-electron chi connectivity index (χ3n) is 6.81. The number of hydrogen-bond donors (Lipinski definition) is 1. The number of non-ortho nitro benzene ring substituents is 1. The minimum Gasteiger partial charge on any atom is -0.493 e. The van der Waals surface area contributed by atoms with E-state index in [2.05, 4.69) is 0 Å². The lowest BCUT2D eigenvalue weighted by atomic mass is 10.1. The minimum atomic E-state index is -0.506. The zero-order chi connectivity index (χ0) is 24.3. The molecule has 1 amide bonds. The van der Waals surface area contributed by atoms with Crippen molar-refractivity contribution in [2.24, 2.45) is 0 Å². The predicted octanol–water partition coefficient (Wildman–Crippen LogP) is 4.04. The van der Waals surface area contributed by atoms with Gasteiger partial charge in [0, 0.05) is 18.0 Å². The molecule has 0 spiro atoms. The monoisotopic (exact) mass is 472 g/mol. The summed E-state index contributed by atoms with van der Waals surface area (Å²) in [6, 6.07) is 18.0. The maximum Gasteiger partial charge on any atom is 0.410 e. The van der Waals surface area contributed by atoms with E-state index in [-0.39, 0.29) is 24.2 Å². The van der Waals surface area contributed by atoms with E-state index in [1.54, 1.807) is 29.2 Å². The number of likely N-dealkylation sites (tertiary alicyclic amines) is 1. The quantitative estimate of drug-likeness (QED) is 0.354. The maximum atomic E-state index is 13.4. The summed E-state index contributed by atoms with van der Waals surface area (Å²) in [4.78, 5) is 38.8. The Balaban J connectivity index is 1.37. The predicted molar refractivity (Wildman–Crippen MR) is 126 cm³/mol. The summed E-state index contributed by atoms with van der Waals surface area (Å²) in [6.45, 7) is 0.428. The number of amides is 1. The van der Waals surface area contributed by atoms with Crippen LogP contribution in [0, 0.1) is 10.1 Å². The number of aromatic nitrogens is 2. The van der Waals surface area contributed by atoms with Crippen LogP contribution < -0.4 is 5.69 Å². The average Bonchev–Trinajstić information content (AvgIpc) is 3.54. The summed E-state index contributed by atoms with van der Waals surface area (Å²) in [5, 5.41) is 23.5. The van der Waals surface area contributed by atoms with E-state index in [0.29, 0.717) is 35.1 Å². The minimum absolute atomic E-state index is 0.0870. The van der Waals surface area contributed by atoms with Crippen LogP contribution in [-0.4, -0.2) is 36.7 Å². The highest BCUT2D eigenvalue weighted by molar-refractivity contribution is 5.97. The lowest BCUT2D eigenvalue weighted by Gasteiger charge is -2.26. The molecular weight excluding hydrogens is 452 g/mol. The third kappa shape index (κ3) is 3.10. The molecule has 0 radical (unpaired) electrons. The fourth-order valence-electron chi connectivity index (χ4n) is 5.29. The molecular formula is C25H20N4O6. The summed E-state index contributed by atoms with van der Waals surface area (Å²) in [5.74, 6) is -0.276. The Morgan fingerprint density at radius 2 is 1.77 bits per heavy atom. The summed E-state index contributed by atoms with van der Waals surface area (Å²) in [6.07, 6.45) is 0.00781. The van der Waals surface area contributed by atoms with Crippen LogP contribution in [0.2, 0.25) is 0 Å². The lowest BCUT2D eigenvalue weighted by Crippen LogP contribution is -2.38. The smallest absolute Gasteiger partial charge is 0.410 e. The van der Waals surface area contributed by atoms with Gasteiger partial charge in [-0.1, -0.05) is 48.5 Å². The average molecular weight is 472 g/mol. The molecule has 1 aromatic heterocycles. The fraction of sp³-hybridized carbons (Fsp3) is 0.200. The first-order valence-electron chi connectivity index (χ1n) is 11.2. The number of rotatable bonds is 4. The van der Waals surface area contributed by atoms with E-state index in [9.17, 15) is 24.8 Å².